The number of benzene rings is 3. The predicted molar refractivity (Wildman–Crippen MR) is 221 cm³/mol. The second kappa shape index (κ2) is 22.1. The Labute approximate surface area is 370 Å². The van der Waals surface area contributed by atoms with Crippen molar-refractivity contribution in [2.45, 2.75) is 108 Å². The third-order valence-electron chi connectivity index (χ3n) is 11.3. The number of hydrogen-bond acceptors (Lipinski definition) is 8. The number of nitrogens with one attached hydrogen (secondary N) is 4. The number of ketones is 1. The highest BCUT2D eigenvalue weighted by molar-refractivity contribution is 6.38. The molecule has 65 heavy (non-hydrogen) atoms. The van der Waals surface area contributed by atoms with Crippen molar-refractivity contribution in [1.29, 1.82) is 0 Å². The fourth-order valence-corrected chi connectivity index (χ4v) is 8.01. The largest absolute Gasteiger partial charge is 0.417 e. The summed E-state index contributed by atoms with van der Waals surface area (Å²) in [6.45, 7) is 0.732. The molecule has 0 bridgehead atoms. The normalized spacial score (nSPS) is 18.2. The molecule has 0 aromatic heterocycles. The smallest absolute Gasteiger partial charge is 0.372 e. The van der Waals surface area contributed by atoms with E-state index in [-0.39, 0.29) is 38.5 Å². The van der Waals surface area contributed by atoms with Crippen molar-refractivity contribution >= 4 is 41.2 Å². The van der Waals surface area contributed by atoms with E-state index in [0.29, 0.717) is 43.4 Å². The summed E-state index contributed by atoms with van der Waals surface area (Å²) >= 11 is 0. The number of rotatable bonds is 18. The number of carbonyl (C=O) groups is 7. The highest BCUT2D eigenvalue weighted by Gasteiger charge is 2.46. The van der Waals surface area contributed by atoms with Gasteiger partial charge in [-0.25, -0.2) is 0 Å². The van der Waals surface area contributed by atoms with E-state index in [1.807, 2.05) is 0 Å². The van der Waals surface area contributed by atoms with Crippen LogP contribution in [0.15, 0.2) is 78.9 Å². The molecule has 3 aromatic rings. The Bertz CT molecular complexity index is 2190. The van der Waals surface area contributed by atoms with E-state index in [2.05, 4.69) is 21.3 Å². The molecule has 6 amide bonds. The molecule has 1 aliphatic heterocycles. The highest BCUT2D eigenvalue weighted by Crippen LogP contribution is 2.38. The molecule has 1 heterocycles. The minimum absolute atomic E-state index is 0.0506. The average molecular weight is 917 g/mol. The summed E-state index contributed by atoms with van der Waals surface area (Å²) in [5, 5.41) is 9.48. The van der Waals surface area contributed by atoms with Gasteiger partial charge in [0.05, 0.1) is 42.0 Å². The first-order valence-electron chi connectivity index (χ1n) is 21.1. The number of Topliss-reactive ketones (excluding diaryl/α,β-unsaturated/α-hetero) is 1. The molecule has 1 saturated carbocycles. The van der Waals surface area contributed by atoms with Crippen LogP contribution >= 0.6 is 0 Å². The first kappa shape index (κ1) is 49.7. The van der Waals surface area contributed by atoms with E-state index in [1.54, 1.807) is 67.6 Å². The van der Waals surface area contributed by atoms with Crippen molar-refractivity contribution in [3.8, 4) is 0 Å². The van der Waals surface area contributed by atoms with Crippen molar-refractivity contribution in [1.82, 2.24) is 26.2 Å². The SMILES string of the molecule is CCCC(NC(=O)[C@@H]1C[C@@H](OCc2ccccc2)CN1C(=O)C(NC(=O)c1ccc(C(F)(F)F)cc1C(F)(F)F)C1CCCCC1)C(=O)C(=O)NCC(=O)NC(C(N)=O)c1ccccc1. The van der Waals surface area contributed by atoms with Crippen molar-refractivity contribution < 1.29 is 64.6 Å². The van der Waals surface area contributed by atoms with Gasteiger partial charge in [-0.2, -0.15) is 26.3 Å². The number of carbonyl (C=O) groups excluding carboxylic acids is 7. The first-order valence-corrected chi connectivity index (χ1v) is 21.1. The van der Waals surface area contributed by atoms with Gasteiger partial charge in [0.25, 0.3) is 11.8 Å². The average Bonchev–Trinajstić information content (AvgIpc) is 3.72. The molecule has 20 heteroatoms. The van der Waals surface area contributed by atoms with E-state index in [9.17, 15) is 59.9 Å². The molecule has 14 nitrogen and oxygen atoms in total. The van der Waals surface area contributed by atoms with E-state index in [1.165, 1.54) is 0 Å². The van der Waals surface area contributed by atoms with Crippen LogP contribution in [0.3, 0.4) is 0 Å². The molecule has 1 saturated heterocycles. The number of hydrogen-bond donors (Lipinski definition) is 5. The van der Waals surface area contributed by atoms with Gasteiger partial charge in [-0.05, 0) is 54.5 Å². The Morgan fingerprint density at radius 2 is 1.46 bits per heavy atom. The third kappa shape index (κ3) is 13.4. The number of amides is 6. The second-order valence-corrected chi connectivity index (χ2v) is 16.0. The van der Waals surface area contributed by atoms with Crippen molar-refractivity contribution in [2.75, 3.05) is 13.1 Å². The van der Waals surface area contributed by atoms with Gasteiger partial charge in [0.15, 0.2) is 0 Å². The number of ether oxygens (including phenoxy) is 1. The van der Waals surface area contributed by atoms with E-state index in [0.717, 1.165) is 16.9 Å². The monoisotopic (exact) mass is 916 g/mol. The van der Waals surface area contributed by atoms with Gasteiger partial charge in [-0.1, -0.05) is 93.3 Å². The maximum Gasteiger partial charge on any atom is 0.417 e. The van der Waals surface area contributed by atoms with Crippen LogP contribution in [0.25, 0.3) is 0 Å². The van der Waals surface area contributed by atoms with Gasteiger partial charge in [0, 0.05) is 13.0 Å². The summed E-state index contributed by atoms with van der Waals surface area (Å²) in [6.07, 6.45) is -8.63. The molecule has 3 unspecified atom stereocenters. The molecule has 1 aliphatic carbocycles. The maximum absolute atomic E-state index is 14.7. The van der Waals surface area contributed by atoms with Crippen LogP contribution in [0.4, 0.5) is 26.3 Å². The molecule has 5 atom stereocenters. The van der Waals surface area contributed by atoms with Gasteiger partial charge < -0.3 is 36.6 Å². The Morgan fingerprint density at radius 1 is 0.815 bits per heavy atom. The lowest BCUT2D eigenvalue weighted by Gasteiger charge is -2.35. The van der Waals surface area contributed by atoms with E-state index >= 15 is 0 Å². The molecule has 6 N–H and O–H groups in total. The number of likely N-dealkylation sites (tertiary alicyclic amines) is 1. The van der Waals surface area contributed by atoms with Gasteiger partial charge in [-0.3, -0.25) is 33.6 Å². The maximum atomic E-state index is 14.7. The fourth-order valence-electron chi connectivity index (χ4n) is 8.01. The van der Waals surface area contributed by atoms with Gasteiger partial charge in [0.2, 0.25) is 29.4 Å². The Kier molecular flexibility index (Phi) is 16.9. The molecular weight excluding hydrogens is 867 g/mol. The van der Waals surface area contributed by atoms with Crippen molar-refractivity contribution in [3.05, 3.63) is 107 Å². The molecule has 3 aromatic carbocycles. The van der Waals surface area contributed by atoms with Gasteiger partial charge in [-0.15, -0.1) is 0 Å². The lowest BCUT2D eigenvalue weighted by molar-refractivity contribution is -0.143. The lowest BCUT2D eigenvalue weighted by atomic mass is 9.83. The Morgan fingerprint density at radius 3 is 2.06 bits per heavy atom. The second-order valence-electron chi connectivity index (χ2n) is 16.0. The predicted octanol–water partition coefficient (Wildman–Crippen LogP) is 4.90. The Hall–Kier alpha value is -6.31. The van der Waals surface area contributed by atoms with Crippen LogP contribution in [0, 0.1) is 5.92 Å². The number of nitrogens with zero attached hydrogens (tertiary/aromatic N) is 1. The molecule has 0 radical (unpaired) electrons. The van der Waals surface area contributed by atoms with Crippen LogP contribution in [0.1, 0.15) is 96.9 Å². The molecule has 2 fully saturated rings. The highest BCUT2D eigenvalue weighted by atomic mass is 19.4. The summed E-state index contributed by atoms with van der Waals surface area (Å²) in [6, 6.07) is 11.9. The van der Waals surface area contributed by atoms with Gasteiger partial charge >= 0.3 is 12.4 Å². The standard InChI is InChI=1S/C45H50F6N6O8/c1-2-12-33(38(59)42(63)53-23-35(58)55-36(39(52)60)27-15-8-4-9-16-27)54-41(62)34-22-30(65-25-26-13-6-3-7-14-26)24-57(34)43(64)37(28-17-10-5-11-18-28)56-40(61)31-20-19-29(44(46,47)48)21-32(31)45(49,50)51/h3-4,6-9,13-16,19-21,28,30,33-34,36-37H,2,5,10-12,17-18,22-25H2,1H3,(H2,52,60)(H,53,63)(H,54,62)(H,55,58)(H,56,61)/t30-,33?,34+,36?,37?/m1/s1. The number of nitrogens with two attached hydrogens (primary N) is 1. The topological polar surface area (TPSA) is 206 Å². The van der Waals surface area contributed by atoms with Crippen molar-refractivity contribution in [2.24, 2.45) is 11.7 Å². The number of primary amides is 1. The van der Waals surface area contributed by atoms with E-state index < -0.39 is 113 Å². The zero-order valence-electron chi connectivity index (χ0n) is 35.3. The summed E-state index contributed by atoms with van der Waals surface area (Å²) in [7, 11) is 0. The molecule has 2 aliphatic rings. The number of halogens is 6. The molecular formula is C45H50F6N6O8. The molecule has 350 valence electrons. The minimum Gasteiger partial charge on any atom is -0.372 e. The van der Waals surface area contributed by atoms with Crippen LogP contribution in [-0.4, -0.2) is 83.4 Å². The van der Waals surface area contributed by atoms with Crippen LogP contribution in [-0.2, 0) is 52.5 Å². The fraction of sp³-hybridized carbons (Fsp3) is 0.444. The van der Waals surface area contributed by atoms with Gasteiger partial charge in [0.1, 0.15) is 18.1 Å². The molecule has 5 rings (SSSR count). The summed E-state index contributed by atoms with van der Waals surface area (Å²) in [5.41, 5.74) is 1.95. The Balaban J connectivity index is 1.37. The minimum atomic E-state index is -5.38. The van der Waals surface area contributed by atoms with Crippen LogP contribution < -0.4 is 27.0 Å². The summed E-state index contributed by atoms with van der Waals surface area (Å²) < 4.78 is 89.0. The van der Waals surface area contributed by atoms with E-state index in [4.69, 9.17) is 10.5 Å². The molecule has 0 spiro atoms. The van der Waals surface area contributed by atoms with Crippen molar-refractivity contribution in [3.63, 3.8) is 0 Å². The summed E-state index contributed by atoms with van der Waals surface area (Å²) in [5.74, 6) is -7.99. The zero-order chi connectivity index (χ0) is 47.5. The van der Waals surface area contributed by atoms with Crippen LogP contribution in [0.2, 0.25) is 0 Å². The quantitative estimate of drug-likeness (QED) is 0.0875. The van der Waals surface area contributed by atoms with Crippen LogP contribution in [0.5, 0.6) is 0 Å². The zero-order valence-corrected chi connectivity index (χ0v) is 35.3. The first-order chi connectivity index (χ1) is 30.8. The summed E-state index contributed by atoms with van der Waals surface area (Å²) in [4.78, 5) is 95.1. The lowest BCUT2D eigenvalue weighted by Crippen LogP contribution is -2.58. The third-order valence-corrected chi connectivity index (χ3v) is 11.3. The number of alkyl halides is 6.